The standard InChI is InChI=1S/C27H32O2/c1-5-23-15-16-24(17-21(23)3)27(4,6-2)20-28-19-22-11-10-14-26(18-22)29-25-12-8-7-9-13-25/h7-18H,5-6,19-20H2,1-4H3. The molecule has 0 aliphatic carbocycles. The fourth-order valence-corrected chi connectivity index (χ4v) is 3.58. The van der Waals surface area contributed by atoms with Crippen LogP contribution in [0.5, 0.6) is 11.5 Å². The molecule has 0 spiro atoms. The Labute approximate surface area is 175 Å². The van der Waals surface area contributed by atoms with Crippen molar-refractivity contribution in [3.63, 3.8) is 0 Å². The lowest BCUT2D eigenvalue weighted by Gasteiger charge is -2.29. The van der Waals surface area contributed by atoms with Gasteiger partial charge in [-0.1, -0.05) is 69.3 Å². The average Bonchev–Trinajstić information content (AvgIpc) is 2.74. The molecule has 3 aromatic carbocycles. The monoisotopic (exact) mass is 388 g/mol. The molecule has 152 valence electrons. The van der Waals surface area contributed by atoms with Crippen LogP contribution >= 0.6 is 0 Å². The molecule has 0 aliphatic heterocycles. The molecule has 0 saturated carbocycles. The summed E-state index contributed by atoms with van der Waals surface area (Å²) in [6, 6.07) is 24.9. The fraction of sp³-hybridized carbons (Fsp3) is 0.333. The molecule has 0 saturated heterocycles. The summed E-state index contributed by atoms with van der Waals surface area (Å²) in [7, 11) is 0. The summed E-state index contributed by atoms with van der Waals surface area (Å²) in [5.74, 6) is 1.68. The number of rotatable bonds is 9. The van der Waals surface area contributed by atoms with Crippen LogP contribution in [0.4, 0.5) is 0 Å². The zero-order valence-electron chi connectivity index (χ0n) is 18.1. The van der Waals surface area contributed by atoms with E-state index >= 15 is 0 Å². The summed E-state index contributed by atoms with van der Waals surface area (Å²) in [5.41, 5.74) is 5.28. The van der Waals surface area contributed by atoms with Gasteiger partial charge >= 0.3 is 0 Å². The predicted molar refractivity (Wildman–Crippen MR) is 121 cm³/mol. The molecule has 0 bridgehead atoms. The van der Waals surface area contributed by atoms with Gasteiger partial charge in [0.1, 0.15) is 11.5 Å². The van der Waals surface area contributed by atoms with Crippen LogP contribution in [0.15, 0.2) is 72.8 Å². The van der Waals surface area contributed by atoms with E-state index in [1.165, 1.54) is 16.7 Å². The van der Waals surface area contributed by atoms with E-state index in [1.807, 2.05) is 42.5 Å². The minimum Gasteiger partial charge on any atom is -0.457 e. The van der Waals surface area contributed by atoms with Gasteiger partial charge < -0.3 is 9.47 Å². The molecule has 0 heterocycles. The van der Waals surface area contributed by atoms with Crippen LogP contribution in [0.25, 0.3) is 0 Å². The quantitative estimate of drug-likeness (QED) is 0.385. The van der Waals surface area contributed by atoms with E-state index in [4.69, 9.17) is 9.47 Å². The minimum atomic E-state index is 0.00911. The molecule has 3 rings (SSSR count). The summed E-state index contributed by atoms with van der Waals surface area (Å²) < 4.78 is 12.1. The van der Waals surface area contributed by atoms with Crippen molar-refractivity contribution in [3.05, 3.63) is 95.1 Å². The second kappa shape index (κ2) is 9.76. The fourth-order valence-electron chi connectivity index (χ4n) is 3.58. The maximum absolute atomic E-state index is 6.18. The molecule has 1 unspecified atom stereocenters. The van der Waals surface area contributed by atoms with Gasteiger partial charge in [0, 0.05) is 5.41 Å². The van der Waals surface area contributed by atoms with Crippen LogP contribution < -0.4 is 4.74 Å². The number of benzene rings is 3. The predicted octanol–water partition coefficient (Wildman–Crippen LogP) is 7.23. The lowest BCUT2D eigenvalue weighted by molar-refractivity contribution is 0.0747. The molecule has 3 aromatic rings. The third kappa shape index (κ3) is 5.48. The Morgan fingerprint density at radius 3 is 2.28 bits per heavy atom. The summed E-state index contributed by atoms with van der Waals surface area (Å²) in [4.78, 5) is 0. The van der Waals surface area contributed by atoms with Crippen molar-refractivity contribution in [2.75, 3.05) is 6.61 Å². The van der Waals surface area contributed by atoms with E-state index in [9.17, 15) is 0 Å². The highest BCUT2D eigenvalue weighted by atomic mass is 16.5. The van der Waals surface area contributed by atoms with E-state index in [-0.39, 0.29) is 5.41 Å². The summed E-state index contributed by atoms with van der Waals surface area (Å²) >= 11 is 0. The SMILES string of the molecule is CCc1ccc(C(C)(CC)COCc2cccc(Oc3ccccc3)c2)cc1C. The summed E-state index contributed by atoms with van der Waals surface area (Å²) in [6.45, 7) is 10.2. The van der Waals surface area contributed by atoms with E-state index < -0.39 is 0 Å². The Bertz CT molecular complexity index is 917. The van der Waals surface area contributed by atoms with Gasteiger partial charge in [0.15, 0.2) is 0 Å². The molecular formula is C27H32O2. The number of para-hydroxylation sites is 1. The Kier molecular flexibility index (Phi) is 7.11. The first-order valence-electron chi connectivity index (χ1n) is 10.5. The molecule has 0 radical (unpaired) electrons. The Balaban J connectivity index is 1.63. The van der Waals surface area contributed by atoms with Crippen molar-refractivity contribution in [2.24, 2.45) is 0 Å². The molecular weight excluding hydrogens is 356 g/mol. The first kappa shape index (κ1) is 21.1. The molecule has 1 atom stereocenters. The number of hydrogen-bond donors (Lipinski definition) is 0. The van der Waals surface area contributed by atoms with Gasteiger partial charge in [-0.25, -0.2) is 0 Å². The Morgan fingerprint density at radius 1 is 0.828 bits per heavy atom. The van der Waals surface area contributed by atoms with E-state index in [0.29, 0.717) is 13.2 Å². The molecule has 0 N–H and O–H groups in total. The highest BCUT2D eigenvalue weighted by molar-refractivity contribution is 5.36. The van der Waals surface area contributed by atoms with Crippen molar-refractivity contribution in [1.29, 1.82) is 0 Å². The normalized spacial score (nSPS) is 13.1. The summed E-state index contributed by atoms with van der Waals surface area (Å²) in [5, 5.41) is 0. The number of ether oxygens (including phenoxy) is 2. The van der Waals surface area contributed by atoms with Crippen molar-refractivity contribution >= 4 is 0 Å². The molecule has 0 aromatic heterocycles. The highest BCUT2D eigenvalue weighted by Gasteiger charge is 2.25. The van der Waals surface area contributed by atoms with Gasteiger partial charge in [0.25, 0.3) is 0 Å². The molecule has 0 fully saturated rings. The largest absolute Gasteiger partial charge is 0.457 e. The maximum Gasteiger partial charge on any atom is 0.127 e. The number of aryl methyl sites for hydroxylation is 2. The van der Waals surface area contributed by atoms with Crippen LogP contribution in [-0.4, -0.2) is 6.61 Å². The summed E-state index contributed by atoms with van der Waals surface area (Å²) in [6.07, 6.45) is 2.11. The molecule has 2 heteroatoms. The smallest absolute Gasteiger partial charge is 0.127 e. The van der Waals surface area contributed by atoms with Crippen LogP contribution in [0, 0.1) is 6.92 Å². The minimum absolute atomic E-state index is 0.00911. The first-order valence-corrected chi connectivity index (χ1v) is 10.5. The van der Waals surface area contributed by atoms with Crippen molar-refractivity contribution in [3.8, 4) is 11.5 Å². The van der Waals surface area contributed by atoms with E-state index in [1.54, 1.807) is 0 Å². The lowest BCUT2D eigenvalue weighted by atomic mass is 9.79. The van der Waals surface area contributed by atoms with Crippen LogP contribution in [0.3, 0.4) is 0 Å². The van der Waals surface area contributed by atoms with Crippen LogP contribution in [-0.2, 0) is 23.2 Å². The Hall–Kier alpha value is -2.58. The molecule has 0 amide bonds. The molecule has 2 nitrogen and oxygen atoms in total. The van der Waals surface area contributed by atoms with E-state index in [0.717, 1.165) is 29.9 Å². The second-order valence-corrected chi connectivity index (χ2v) is 7.96. The third-order valence-corrected chi connectivity index (χ3v) is 5.77. The van der Waals surface area contributed by atoms with Crippen molar-refractivity contribution in [1.82, 2.24) is 0 Å². The van der Waals surface area contributed by atoms with Gasteiger partial charge in [-0.3, -0.25) is 0 Å². The lowest BCUT2D eigenvalue weighted by Crippen LogP contribution is -2.27. The van der Waals surface area contributed by atoms with Gasteiger partial charge in [-0.05, 0) is 66.3 Å². The third-order valence-electron chi connectivity index (χ3n) is 5.77. The van der Waals surface area contributed by atoms with Gasteiger partial charge in [-0.15, -0.1) is 0 Å². The number of hydrogen-bond acceptors (Lipinski definition) is 2. The molecule has 0 aliphatic rings. The van der Waals surface area contributed by atoms with E-state index in [2.05, 4.69) is 58.0 Å². The average molecular weight is 389 g/mol. The maximum atomic E-state index is 6.18. The molecule has 29 heavy (non-hydrogen) atoms. The van der Waals surface area contributed by atoms with Crippen molar-refractivity contribution in [2.45, 2.75) is 52.6 Å². The second-order valence-electron chi connectivity index (χ2n) is 7.96. The van der Waals surface area contributed by atoms with Crippen LogP contribution in [0.1, 0.15) is 49.4 Å². The van der Waals surface area contributed by atoms with Gasteiger partial charge in [0.2, 0.25) is 0 Å². The Morgan fingerprint density at radius 2 is 1.59 bits per heavy atom. The van der Waals surface area contributed by atoms with Crippen LogP contribution in [0.2, 0.25) is 0 Å². The zero-order valence-corrected chi connectivity index (χ0v) is 18.1. The zero-order chi connectivity index (χ0) is 20.7. The van der Waals surface area contributed by atoms with Crippen molar-refractivity contribution < 1.29 is 9.47 Å². The topological polar surface area (TPSA) is 18.5 Å². The van der Waals surface area contributed by atoms with Gasteiger partial charge in [0.05, 0.1) is 13.2 Å². The first-order chi connectivity index (χ1) is 14.0. The van der Waals surface area contributed by atoms with Gasteiger partial charge in [-0.2, -0.15) is 0 Å². The highest BCUT2D eigenvalue weighted by Crippen LogP contribution is 2.30.